The highest BCUT2D eigenvalue weighted by atomic mass is 14.5. The molecule has 0 radical (unpaired) electrons. The van der Waals surface area contributed by atoms with E-state index >= 15 is 0 Å². The molecule has 2 unspecified atom stereocenters. The van der Waals surface area contributed by atoms with Crippen molar-refractivity contribution in [3.05, 3.63) is 0 Å². The minimum Gasteiger partial charge on any atom is -0.0654 e. The van der Waals surface area contributed by atoms with Crippen LogP contribution < -0.4 is 0 Å². The zero-order chi connectivity index (χ0) is 6.27. The predicted molar refractivity (Wildman–Crippen MR) is 39.2 cm³/mol. The lowest BCUT2D eigenvalue weighted by Gasteiger charge is -2.35. The lowest BCUT2D eigenvalue weighted by atomic mass is 9.70. The van der Waals surface area contributed by atoms with Crippen LogP contribution in [0.3, 0.4) is 0 Å². The summed E-state index contributed by atoms with van der Waals surface area (Å²) in [5, 5.41) is 0. The van der Waals surface area contributed by atoms with Crippen molar-refractivity contribution in [2.24, 2.45) is 17.8 Å². The smallest absolute Gasteiger partial charge is 0.0357 e. The van der Waals surface area contributed by atoms with Crippen molar-refractivity contribution in [3.63, 3.8) is 0 Å². The molecule has 0 aromatic carbocycles. The number of hydrogen-bond donors (Lipinski definition) is 0. The third-order valence-electron chi connectivity index (χ3n) is 3.35. The van der Waals surface area contributed by atoms with E-state index in [1.807, 2.05) is 0 Å². The molecule has 2 atom stereocenters. The molecule has 0 amide bonds. The minimum absolute atomic E-state index is 1.18. The molecule has 0 aliphatic heterocycles. The Morgan fingerprint density at radius 2 is 1.89 bits per heavy atom. The molecule has 3 aliphatic carbocycles. The minimum atomic E-state index is 1.18. The Bertz CT molecular complexity index is 92.6. The van der Waals surface area contributed by atoms with Crippen LogP contribution in [-0.4, -0.2) is 0 Å². The SMILES string of the molecule is CCCC1C2CCC1C2. The average molecular weight is 124 g/mol. The number of hydrogen-bond acceptors (Lipinski definition) is 0. The second-order valence-corrected chi connectivity index (χ2v) is 3.79. The number of rotatable bonds is 2. The second kappa shape index (κ2) is 2.00. The summed E-state index contributed by atoms with van der Waals surface area (Å²) < 4.78 is 0. The summed E-state index contributed by atoms with van der Waals surface area (Å²) in [6.45, 7) is 2.32. The van der Waals surface area contributed by atoms with Gasteiger partial charge in [0.15, 0.2) is 0 Å². The monoisotopic (exact) mass is 124 g/mol. The van der Waals surface area contributed by atoms with Crippen LogP contribution >= 0.6 is 0 Å². The first kappa shape index (κ1) is 5.76. The summed E-state index contributed by atoms with van der Waals surface area (Å²) in [4.78, 5) is 0. The Balaban J connectivity index is 1.88. The molecule has 3 fully saturated rings. The van der Waals surface area contributed by atoms with Crippen molar-refractivity contribution in [2.75, 3.05) is 0 Å². The standard InChI is InChI=1S/C9H16/c1-2-3-9-7-4-5-8(9)6-7/h7-9H,2-6H2,1H3. The first-order valence-corrected chi connectivity index (χ1v) is 4.42. The van der Waals surface area contributed by atoms with Crippen LogP contribution in [0.1, 0.15) is 39.0 Å². The quantitative estimate of drug-likeness (QED) is 0.531. The Hall–Kier alpha value is 0. The van der Waals surface area contributed by atoms with Gasteiger partial charge in [0.2, 0.25) is 0 Å². The molecule has 0 aromatic heterocycles. The molecule has 3 saturated carbocycles. The zero-order valence-electron chi connectivity index (χ0n) is 6.27. The third kappa shape index (κ3) is 0.720. The van der Waals surface area contributed by atoms with Crippen molar-refractivity contribution in [2.45, 2.75) is 39.0 Å². The average Bonchev–Trinajstić information content (AvgIpc) is 2.39. The van der Waals surface area contributed by atoms with E-state index in [1.165, 1.54) is 30.6 Å². The summed E-state index contributed by atoms with van der Waals surface area (Å²) in [5.74, 6) is 3.53. The molecule has 0 saturated heterocycles. The van der Waals surface area contributed by atoms with E-state index in [-0.39, 0.29) is 0 Å². The fraction of sp³-hybridized carbons (Fsp3) is 1.00. The summed E-state index contributed by atoms with van der Waals surface area (Å²) in [6, 6.07) is 0. The molecule has 0 N–H and O–H groups in total. The van der Waals surface area contributed by atoms with Gasteiger partial charge in [0.25, 0.3) is 0 Å². The normalized spacial score (nSPS) is 47.0. The second-order valence-electron chi connectivity index (χ2n) is 3.79. The van der Waals surface area contributed by atoms with Crippen LogP contribution in [0, 0.1) is 17.8 Å². The molecule has 3 rings (SSSR count). The maximum atomic E-state index is 2.32. The van der Waals surface area contributed by atoms with Gasteiger partial charge in [0.1, 0.15) is 0 Å². The Kier molecular flexibility index (Phi) is 1.28. The van der Waals surface area contributed by atoms with Crippen LogP contribution in [0.2, 0.25) is 0 Å². The first-order valence-electron chi connectivity index (χ1n) is 4.42. The predicted octanol–water partition coefficient (Wildman–Crippen LogP) is 2.83. The highest BCUT2D eigenvalue weighted by Gasteiger charge is 2.45. The van der Waals surface area contributed by atoms with Gasteiger partial charge in [-0.05, 0) is 37.0 Å². The van der Waals surface area contributed by atoms with Gasteiger partial charge in [-0.25, -0.2) is 0 Å². The van der Waals surface area contributed by atoms with E-state index in [1.54, 1.807) is 19.3 Å². The van der Waals surface area contributed by atoms with E-state index in [0.29, 0.717) is 0 Å². The first-order chi connectivity index (χ1) is 4.42. The van der Waals surface area contributed by atoms with Crippen molar-refractivity contribution in [1.82, 2.24) is 0 Å². The molecule has 9 heavy (non-hydrogen) atoms. The van der Waals surface area contributed by atoms with E-state index in [0.717, 1.165) is 0 Å². The van der Waals surface area contributed by atoms with Gasteiger partial charge in [0, 0.05) is 0 Å². The maximum absolute atomic E-state index is 2.32. The van der Waals surface area contributed by atoms with E-state index in [4.69, 9.17) is 0 Å². The van der Waals surface area contributed by atoms with E-state index in [2.05, 4.69) is 6.92 Å². The van der Waals surface area contributed by atoms with Gasteiger partial charge in [0.05, 0.1) is 0 Å². The van der Waals surface area contributed by atoms with E-state index < -0.39 is 0 Å². The summed E-state index contributed by atoms with van der Waals surface area (Å²) in [5.41, 5.74) is 0. The molecule has 3 aliphatic rings. The molecule has 0 spiro atoms. The fourth-order valence-corrected chi connectivity index (χ4v) is 2.82. The molecule has 0 nitrogen and oxygen atoms in total. The van der Waals surface area contributed by atoms with Gasteiger partial charge in [-0.15, -0.1) is 0 Å². The van der Waals surface area contributed by atoms with Crippen molar-refractivity contribution in [3.8, 4) is 0 Å². The van der Waals surface area contributed by atoms with Gasteiger partial charge in [-0.1, -0.05) is 19.8 Å². The molecular formula is C9H16. The van der Waals surface area contributed by atoms with Crippen molar-refractivity contribution in [1.29, 1.82) is 0 Å². The molecule has 52 valence electrons. The van der Waals surface area contributed by atoms with Gasteiger partial charge < -0.3 is 0 Å². The highest BCUT2D eigenvalue weighted by Crippen LogP contribution is 2.55. The highest BCUT2D eigenvalue weighted by molar-refractivity contribution is 4.95. The van der Waals surface area contributed by atoms with Crippen LogP contribution in [0.25, 0.3) is 0 Å². The lowest BCUT2D eigenvalue weighted by Crippen LogP contribution is -2.27. The van der Waals surface area contributed by atoms with Crippen molar-refractivity contribution >= 4 is 0 Å². The number of fused-ring (bicyclic) bond motifs is 1. The molecule has 0 heterocycles. The molecule has 0 heteroatoms. The van der Waals surface area contributed by atoms with Crippen LogP contribution in [-0.2, 0) is 0 Å². The van der Waals surface area contributed by atoms with Gasteiger partial charge in [-0.2, -0.15) is 0 Å². The molecule has 0 aromatic rings. The Morgan fingerprint density at radius 1 is 1.22 bits per heavy atom. The summed E-state index contributed by atoms with van der Waals surface area (Å²) >= 11 is 0. The van der Waals surface area contributed by atoms with Gasteiger partial charge in [-0.3, -0.25) is 0 Å². The maximum Gasteiger partial charge on any atom is -0.0357 e. The van der Waals surface area contributed by atoms with Crippen LogP contribution in [0.5, 0.6) is 0 Å². The fourth-order valence-electron chi connectivity index (χ4n) is 2.82. The third-order valence-corrected chi connectivity index (χ3v) is 3.35. The topological polar surface area (TPSA) is 0 Å². The molecule has 2 bridgehead atoms. The van der Waals surface area contributed by atoms with Crippen molar-refractivity contribution < 1.29 is 0 Å². The summed E-state index contributed by atoms with van der Waals surface area (Å²) in [6.07, 6.45) is 7.66. The van der Waals surface area contributed by atoms with Crippen LogP contribution in [0.15, 0.2) is 0 Å². The van der Waals surface area contributed by atoms with E-state index in [9.17, 15) is 0 Å². The van der Waals surface area contributed by atoms with Gasteiger partial charge >= 0.3 is 0 Å². The largest absolute Gasteiger partial charge is 0.0654 e. The summed E-state index contributed by atoms with van der Waals surface area (Å²) in [7, 11) is 0. The van der Waals surface area contributed by atoms with Crippen LogP contribution in [0.4, 0.5) is 0 Å². The lowest BCUT2D eigenvalue weighted by molar-refractivity contribution is 0.145. The molecular weight excluding hydrogens is 108 g/mol. The Morgan fingerprint density at radius 3 is 2.33 bits per heavy atom. The zero-order valence-corrected chi connectivity index (χ0v) is 6.27. The Labute approximate surface area is 57.6 Å².